The van der Waals surface area contributed by atoms with Gasteiger partial charge in [0, 0.05) is 18.0 Å². The lowest BCUT2D eigenvalue weighted by molar-refractivity contribution is 0.0936. The third kappa shape index (κ3) is 4.34. The van der Waals surface area contributed by atoms with Gasteiger partial charge in [0.2, 0.25) is 0 Å². The quantitative estimate of drug-likeness (QED) is 0.685. The molecule has 0 saturated heterocycles. The van der Waals surface area contributed by atoms with Crippen LogP contribution in [0.2, 0.25) is 0 Å². The summed E-state index contributed by atoms with van der Waals surface area (Å²) in [5.41, 5.74) is 1.46. The molecule has 0 aliphatic carbocycles. The molecule has 2 aromatic carbocycles. The Hall–Kier alpha value is -2.99. The van der Waals surface area contributed by atoms with Crippen molar-refractivity contribution in [3.05, 3.63) is 83.5 Å². The molecule has 134 valence electrons. The van der Waals surface area contributed by atoms with Crippen LogP contribution in [-0.2, 0) is 6.42 Å². The first-order chi connectivity index (χ1) is 12.7. The van der Waals surface area contributed by atoms with Crippen LogP contribution in [0.4, 0.5) is 0 Å². The van der Waals surface area contributed by atoms with Gasteiger partial charge < -0.3 is 15.2 Å². The van der Waals surface area contributed by atoms with Gasteiger partial charge in [-0.1, -0.05) is 53.7 Å². The SMILES string of the molecule is CNC(C)Cc1noc(C(NC(=O)c2ccccc2)c2ccccc2)n1. The van der Waals surface area contributed by atoms with Gasteiger partial charge in [-0.15, -0.1) is 0 Å². The summed E-state index contributed by atoms with van der Waals surface area (Å²) in [6.07, 6.45) is 0.647. The van der Waals surface area contributed by atoms with Gasteiger partial charge in [-0.25, -0.2) is 0 Å². The molecule has 1 heterocycles. The average Bonchev–Trinajstić information content (AvgIpc) is 3.15. The number of benzene rings is 2. The van der Waals surface area contributed by atoms with Crippen molar-refractivity contribution in [1.82, 2.24) is 20.8 Å². The minimum atomic E-state index is -0.505. The highest BCUT2D eigenvalue weighted by molar-refractivity contribution is 5.94. The second-order valence-corrected chi connectivity index (χ2v) is 6.13. The van der Waals surface area contributed by atoms with Gasteiger partial charge in [0.15, 0.2) is 5.82 Å². The molecule has 2 unspecified atom stereocenters. The number of nitrogens with one attached hydrogen (secondary N) is 2. The normalized spacial score (nSPS) is 13.2. The Kier molecular flexibility index (Phi) is 5.76. The zero-order valence-electron chi connectivity index (χ0n) is 14.8. The lowest BCUT2D eigenvalue weighted by atomic mass is 10.1. The zero-order valence-corrected chi connectivity index (χ0v) is 14.8. The Morgan fingerprint density at radius 3 is 2.38 bits per heavy atom. The second-order valence-electron chi connectivity index (χ2n) is 6.13. The molecule has 26 heavy (non-hydrogen) atoms. The van der Waals surface area contributed by atoms with Crippen LogP contribution in [0.25, 0.3) is 0 Å². The molecular weight excluding hydrogens is 328 g/mol. The first-order valence-electron chi connectivity index (χ1n) is 8.58. The summed E-state index contributed by atoms with van der Waals surface area (Å²) in [6.45, 7) is 2.04. The number of hydrogen-bond donors (Lipinski definition) is 2. The van der Waals surface area contributed by atoms with Gasteiger partial charge in [0.1, 0.15) is 6.04 Å². The fourth-order valence-corrected chi connectivity index (χ4v) is 2.58. The minimum absolute atomic E-state index is 0.192. The zero-order chi connectivity index (χ0) is 18.4. The number of nitrogens with zero attached hydrogens (tertiary/aromatic N) is 2. The van der Waals surface area contributed by atoms with Gasteiger partial charge in [-0.2, -0.15) is 4.98 Å². The van der Waals surface area contributed by atoms with E-state index in [1.54, 1.807) is 12.1 Å². The molecule has 1 amide bonds. The Bertz CT molecular complexity index is 833. The van der Waals surface area contributed by atoms with E-state index in [2.05, 4.69) is 20.8 Å². The van der Waals surface area contributed by atoms with Gasteiger partial charge in [0.05, 0.1) is 0 Å². The van der Waals surface area contributed by atoms with Gasteiger partial charge in [-0.05, 0) is 31.7 Å². The molecule has 0 bridgehead atoms. The molecule has 0 saturated carbocycles. The summed E-state index contributed by atoms with van der Waals surface area (Å²) in [7, 11) is 1.89. The van der Waals surface area contributed by atoms with Crippen molar-refractivity contribution in [2.45, 2.75) is 25.4 Å². The Morgan fingerprint density at radius 1 is 1.08 bits per heavy atom. The summed E-state index contributed by atoms with van der Waals surface area (Å²) < 4.78 is 5.46. The van der Waals surface area contributed by atoms with Crippen LogP contribution >= 0.6 is 0 Å². The number of hydrogen-bond acceptors (Lipinski definition) is 5. The highest BCUT2D eigenvalue weighted by Gasteiger charge is 2.24. The number of carbonyl (C=O) groups excluding carboxylic acids is 1. The monoisotopic (exact) mass is 350 g/mol. The molecule has 3 rings (SSSR count). The minimum Gasteiger partial charge on any atom is -0.337 e. The first kappa shape index (κ1) is 17.8. The van der Waals surface area contributed by atoms with E-state index in [-0.39, 0.29) is 11.9 Å². The molecule has 6 nitrogen and oxygen atoms in total. The number of aromatic nitrogens is 2. The summed E-state index contributed by atoms with van der Waals surface area (Å²) >= 11 is 0. The van der Waals surface area contributed by atoms with E-state index in [9.17, 15) is 4.79 Å². The van der Waals surface area contributed by atoms with Crippen molar-refractivity contribution in [2.24, 2.45) is 0 Å². The highest BCUT2D eigenvalue weighted by Crippen LogP contribution is 2.21. The second kappa shape index (κ2) is 8.40. The largest absolute Gasteiger partial charge is 0.337 e. The van der Waals surface area contributed by atoms with E-state index in [4.69, 9.17) is 4.52 Å². The van der Waals surface area contributed by atoms with Crippen LogP contribution < -0.4 is 10.6 Å². The number of amides is 1. The summed E-state index contributed by atoms with van der Waals surface area (Å²) in [6, 6.07) is 18.4. The average molecular weight is 350 g/mol. The maximum Gasteiger partial charge on any atom is 0.253 e. The molecule has 1 aromatic heterocycles. The van der Waals surface area contributed by atoms with Crippen molar-refractivity contribution < 1.29 is 9.32 Å². The van der Waals surface area contributed by atoms with E-state index < -0.39 is 6.04 Å². The molecule has 2 atom stereocenters. The first-order valence-corrected chi connectivity index (χ1v) is 8.58. The van der Waals surface area contributed by atoms with Gasteiger partial charge >= 0.3 is 0 Å². The molecule has 0 radical (unpaired) electrons. The van der Waals surface area contributed by atoms with E-state index in [1.165, 1.54) is 0 Å². The van der Waals surface area contributed by atoms with E-state index >= 15 is 0 Å². The lowest BCUT2D eigenvalue weighted by Gasteiger charge is -2.15. The van der Waals surface area contributed by atoms with Crippen molar-refractivity contribution in [3.8, 4) is 0 Å². The molecule has 6 heteroatoms. The number of likely N-dealkylation sites (N-methyl/N-ethyl adjacent to an activating group) is 1. The van der Waals surface area contributed by atoms with Crippen molar-refractivity contribution >= 4 is 5.91 Å². The highest BCUT2D eigenvalue weighted by atomic mass is 16.5. The van der Waals surface area contributed by atoms with Crippen LogP contribution in [0.1, 0.15) is 40.6 Å². The smallest absolute Gasteiger partial charge is 0.253 e. The fourth-order valence-electron chi connectivity index (χ4n) is 2.58. The van der Waals surface area contributed by atoms with Crippen molar-refractivity contribution in [3.63, 3.8) is 0 Å². The van der Waals surface area contributed by atoms with Crippen LogP contribution in [0.15, 0.2) is 65.2 Å². The number of carbonyl (C=O) groups is 1. The van der Waals surface area contributed by atoms with E-state index in [0.29, 0.717) is 23.7 Å². The molecule has 3 aromatic rings. The molecule has 0 aliphatic heterocycles. The number of rotatable bonds is 7. The molecular formula is C20H22N4O2. The standard InChI is InChI=1S/C20H22N4O2/c1-14(21-2)13-17-22-20(26-24-17)18(15-9-5-3-6-10-15)23-19(25)16-11-7-4-8-12-16/h3-12,14,18,21H,13H2,1-2H3,(H,23,25). The molecule has 0 fully saturated rings. The predicted molar refractivity (Wildman–Crippen MR) is 98.7 cm³/mol. The van der Waals surface area contributed by atoms with E-state index in [1.807, 2.05) is 62.5 Å². The van der Waals surface area contributed by atoms with Crippen LogP contribution in [0.5, 0.6) is 0 Å². The Morgan fingerprint density at radius 2 is 1.73 bits per heavy atom. The Labute approximate surface area is 152 Å². The van der Waals surface area contributed by atoms with E-state index in [0.717, 1.165) is 5.56 Å². The fraction of sp³-hybridized carbons (Fsp3) is 0.250. The Balaban J connectivity index is 1.86. The maximum absolute atomic E-state index is 12.6. The van der Waals surface area contributed by atoms with Gasteiger partial charge in [-0.3, -0.25) is 4.79 Å². The summed E-state index contributed by atoms with van der Waals surface area (Å²) in [5.74, 6) is 0.790. The summed E-state index contributed by atoms with van der Waals surface area (Å²) in [5, 5.41) is 10.2. The third-order valence-corrected chi connectivity index (χ3v) is 4.16. The predicted octanol–water partition coefficient (Wildman–Crippen LogP) is 2.74. The van der Waals surface area contributed by atoms with Gasteiger partial charge in [0.25, 0.3) is 11.8 Å². The van der Waals surface area contributed by atoms with Crippen molar-refractivity contribution in [1.29, 1.82) is 0 Å². The van der Waals surface area contributed by atoms with Crippen LogP contribution in [0.3, 0.4) is 0 Å². The third-order valence-electron chi connectivity index (χ3n) is 4.16. The molecule has 2 N–H and O–H groups in total. The summed E-state index contributed by atoms with van der Waals surface area (Å²) in [4.78, 5) is 17.1. The maximum atomic E-state index is 12.6. The lowest BCUT2D eigenvalue weighted by Crippen LogP contribution is -2.29. The van der Waals surface area contributed by atoms with Crippen molar-refractivity contribution in [2.75, 3.05) is 7.05 Å². The van der Waals surface area contributed by atoms with Crippen LogP contribution in [0, 0.1) is 0 Å². The molecule has 0 aliphatic rings. The topological polar surface area (TPSA) is 80.0 Å². The molecule has 0 spiro atoms. The van der Waals surface area contributed by atoms with Crippen LogP contribution in [-0.4, -0.2) is 29.1 Å².